The molecule has 2 rings (SSSR count). The quantitative estimate of drug-likeness (QED) is 0.918. The van der Waals surface area contributed by atoms with Gasteiger partial charge in [0.15, 0.2) is 0 Å². The highest BCUT2D eigenvalue weighted by Gasteiger charge is 2.08. The lowest BCUT2D eigenvalue weighted by Crippen LogP contribution is -2.37. The predicted octanol–water partition coefficient (Wildman–Crippen LogP) is 2.60. The summed E-state index contributed by atoms with van der Waals surface area (Å²) in [7, 11) is 1.72. The lowest BCUT2D eigenvalue weighted by Gasteiger charge is -2.18. The van der Waals surface area contributed by atoms with Gasteiger partial charge in [0, 0.05) is 32.5 Å². The molecule has 21 heavy (non-hydrogen) atoms. The van der Waals surface area contributed by atoms with Gasteiger partial charge in [-0.25, -0.2) is 9.18 Å². The molecule has 2 amide bonds. The van der Waals surface area contributed by atoms with Crippen LogP contribution in [0.1, 0.15) is 11.1 Å². The third kappa shape index (κ3) is 4.56. The summed E-state index contributed by atoms with van der Waals surface area (Å²) in [5.41, 5.74) is 1.62. The molecule has 0 aliphatic carbocycles. The smallest absolute Gasteiger partial charge is 0.317 e. The standard InChI is InChI=1S/C16H18FN3O/c1-20(12-13-6-9-18-10-7-13)16(21)19-11-8-14-4-2-3-5-15(14)17/h2-7,9-10H,8,11-12H2,1H3,(H,19,21). The van der Waals surface area contributed by atoms with Gasteiger partial charge in [0.1, 0.15) is 5.82 Å². The van der Waals surface area contributed by atoms with Crippen LogP contribution < -0.4 is 5.32 Å². The normalized spacial score (nSPS) is 10.2. The zero-order chi connectivity index (χ0) is 15.1. The van der Waals surface area contributed by atoms with E-state index in [2.05, 4.69) is 10.3 Å². The Bertz CT molecular complexity index is 589. The molecule has 0 unspecified atom stereocenters. The fraction of sp³-hybridized carbons (Fsp3) is 0.250. The van der Waals surface area contributed by atoms with E-state index in [0.29, 0.717) is 25.1 Å². The Balaban J connectivity index is 1.78. The van der Waals surface area contributed by atoms with Crippen LogP contribution in [-0.2, 0) is 13.0 Å². The average molecular weight is 287 g/mol. The van der Waals surface area contributed by atoms with Crippen molar-refractivity contribution in [3.8, 4) is 0 Å². The summed E-state index contributed by atoms with van der Waals surface area (Å²) in [5.74, 6) is -0.239. The highest BCUT2D eigenvalue weighted by molar-refractivity contribution is 5.73. The number of hydrogen-bond acceptors (Lipinski definition) is 2. The number of amides is 2. The Kier molecular flexibility index (Phi) is 5.26. The van der Waals surface area contributed by atoms with Crippen LogP contribution in [0, 0.1) is 5.82 Å². The van der Waals surface area contributed by atoms with Gasteiger partial charge in [0.05, 0.1) is 0 Å². The number of halogens is 1. The molecule has 5 heteroatoms. The molecule has 0 bridgehead atoms. The second-order valence-electron chi connectivity index (χ2n) is 4.78. The van der Waals surface area contributed by atoms with Crippen molar-refractivity contribution >= 4 is 6.03 Å². The van der Waals surface area contributed by atoms with Crippen molar-refractivity contribution in [3.05, 3.63) is 65.7 Å². The first-order chi connectivity index (χ1) is 10.2. The van der Waals surface area contributed by atoms with Crippen LogP contribution in [0.5, 0.6) is 0 Å². The summed E-state index contributed by atoms with van der Waals surface area (Å²) < 4.78 is 13.4. The maximum absolute atomic E-state index is 13.4. The molecule has 1 aromatic carbocycles. The van der Waals surface area contributed by atoms with Crippen molar-refractivity contribution < 1.29 is 9.18 Å². The summed E-state index contributed by atoms with van der Waals surface area (Å²) >= 11 is 0. The van der Waals surface area contributed by atoms with Crippen LogP contribution in [0.2, 0.25) is 0 Å². The van der Waals surface area contributed by atoms with Crippen molar-refractivity contribution in [1.82, 2.24) is 15.2 Å². The summed E-state index contributed by atoms with van der Waals surface area (Å²) in [6.07, 6.45) is 3.86. The maximum atomic E-state index is 13.4. The van der Waals surface area contributed by atoms with E-state index in [4.69, 9.17) is 0 Å². The molecule has 0 atom stereocenters. The SMILES string of the molecule is CN(Cc1ccncc1)C(=O)NCCc1ccccc1F. The fourth-order valence-electron chi connectivity index (χ4n) is 1.97. The molecule has 0 aliphatic heterocycles. The number of pyridine rings is 1. The Morgan fingerprint density at radius 1 is 1.24 bits per heavy atom. The lowest BCUT2D eigenvalue weighted by atomic mass is 10.1. The molecule has 1 N–H and O–H groups in total. The number of nitrogens with zero attached hydrogens (tertiary/aromatic N) is 2. The van der Waals surface area contributed by atoms with E-state index in [0.717, 1.165) is 5.56 Å². The molecule has 1 aromatic heterocycles. The van der Waals surface area contributed by atoms with Gasteiger partial charge in [-0.15, -0.1) is 0 Å². The molecular weight excluding hydrogens is 269 g/mol. The van der Waals surface area contributed by atoms with Crippen molar-refractivity contribution in [3.63, 3.8) is 0 Å². The second kappa shape index (κ2) is 7.38. The summed E-state index contributed by atoms with van der Waals surface area (Å²) in [6.45, 7) is 0.911. The largest absolute Gasteiger partial charge is 0.338 e. The minimum atomic E-state index is -0.239. The average Bonchev–Trinajstić information content (AvgIpc) is 2.50. The number of carbonyl (C=O) groups is 1. The molecule has 110 valence electrons. The monoisotopic (exact) mass is 287 g/mol. The molecule has 4 nitrogen and oxygen atoms in total. The number of carbonyl (C=O) groups excluding carboxylic acids is 1. The summed E-state index contributed by atoms with van der Waals surface area (Å²) in [5, 5.41) is 2.78. The molecule has 0 aliphatic rings. The number of aromatic nitrogens is 1. The van der Waals surface area contributed by atoms with E-state index < -0.39 is 0 Å². The first-order valence-electron chi connectivity index (χ1n) is 6.78. The first kappa shape index (κ1) is 15.0. The van der Waals surface area contributed by atoms with E-state index in [9.17, 15) is 9.18 Å². The van der Waals surface area contributed by atoms with Crippen molar-refractivity contribution in [2.75, 3.05) is 13.6 Å². The number of benzene rings is 1. The molecule has 0 saturated carbocycles. The van der Waals surface area contributed by atoms with Crippen LogP contribution in [0.25, 0.3) is 0 Å². The minimum Gasteiger partial charge on any atom is -0.338 e. The van der Waals surface area contributed by atoms with Gasteiger partial charge in [0.25, 0.3) is 0 Å². The fourth-order valence-corrected chi connectivity index (χ4v) is 1.97. The van der Waals surface area contributed by atoms with Gasteiger partial charge in [0.2, 0.25) is 0 Å². The van der Waals surface area contributed by atoms with Crippen molar-refractivity contribution in [2.45, 2.75) is 13.0 Å². The lowest BCUT2D eigenvalue weighted by molar-refractivity contribution is 0.207. The number of hydrogen-bond donors (Lipinski definition) is 1. The van der Waals surface area contributed by atoms with E-state index >= 15 is 0 Å². The Hall–Kier alpha value is -2.43. The second-order valence-corrected chi connectivity index (χ2v) is 4.78. The molecule has 2 aromatic rings. The highest BCUT2D eigenvalue weighted by Crippen LogP contribution is 2.06. The van der Waals surface area contributed by atoms with Crippen molar-refractivity contribution in [2.24, 2.45) is 0 Å². The Morgan fingerprint density at radius 2 is 1.95 bits per heavy atom. The van der Waals surface area contributed by atoms with E-state index in [-0.39, 0.29) is 11.8 Å². The van der Waals surface area contributed by atoms with Gasteiger partial charge in [-0.1, -0.05) is 18.2 Å². The zero-order valence-corrected chi connectivity index (χ0v) is 11.9. The number of urea groups is 1. The predicted molar refractivity (Wildman–Crippen MR) is 79.2 cm³/mol. The Labute approximate surface area is 123 Å². The van der Waals surface area contributed by atoms with E-state index in [1.165, 1.54) is 6.07 Å². The van der Waals surface area contributed by atoms with Crippen LogP contribution in [-0.4, -0.2) is 29.5 Å². The van der Waals surface area contributed by atoms with Gasteiger partial charge in [-0.2, -0.15) is 0 Å². The molecule has 0 spiro atoms. The topological polar surface area (TPSA) is 45.2 Å². The molecular formula is C16H18FN3O. The van der Waals surface area contributed by atoms with E-state index in [1.54, 1.807) is 42.5 Å². The van der Waals surface area contributed by atoms with E-state index in [1.807, 2.05) is 12.1 Å². The third-order valence-corrected chi connectivity index (χ3v) is 3.14. The number of nitrogens with one attached hydrogen (secondary N) is 1. The molecule has 0 fully saturated rings. The van der Waals surface area contributed by atoms with Crippen LogP contribution in [0.15, 0.2) is 48.8 Å². The summed E-state index contributed by atoms with van der Waals surface area (Å²) in [4.78, 5) is 17.4. The first-order valence-corrected chi connectivity index (χ1v) is 6.78. The third-order valence-electron chi connectivity index (χ3n) is 3.14. The zero-order valence-electron chi connectivity index (χ0n) is 11.9. The highest BCUT2D eigenvalue weighted by atomic mass is 19.1. The molecule has 0 radical (unpaired) electrons. The van der Waals surface area contributed by atoms with Gasteiger partial charge in [-0.3, -0.25) is 4.98 Å². The van der Waals surface area contributed by atoms with Crippen molar-refractivity contribution in [1.29, 1.82) is 0 Å². The molecule has 1 heterocycles. The minimum absolute atomic E-state index is 0.178. The van der Waals surface area contributed by atoms with Crippen LogP contribution in [0.4, 0.5) is 9.18 Å². The van der Waals surface area contributed by atoms with Gasteiger partial charge >= 0.3 is 6.03 Å². The van der Waals surface area contributed by atoms with Gasteiger partial charge < -0.3 is 10.2 Å². The van der Waals surface area contributed by atoms with Gasteiger partial charge in [-0.05, 0) is 35.7 Å². The summed E-state index contributed by atoms with van der Waals surface area (Å²) in [6, 6.07) is 10.1. The van der Waals surface area contributed by atoms with Crippen LogP contribution in [0.3, 0.4) is 0 Å². The van der Waals surface area contributed by atoms with Crippen LogP contribution >= 0.6 is 0 Å². The Morgan fingerprint density at radius 3 is 2.67 bits per heavy atom. The molecule has 0 saturated heterocycles. The maximum Gasteiger partial charge on any atom is 0.317 e. The number of rotatable bonds is 5.